The Morgan fingerprint density at radius 1 is 1.41 bits per heavy atom. The minimum absolute atomic E-state index is 0.114. The molecule has 2 fully saturated rings. The monoisotopic (exact) mass is 373 g/mol. The van der Waals surface area contributed by atoms with Crippen molar-refractivity contribution in [2.45, 2.75) is 37.8 Å². The van der Waals surface area contributed by atoms with E-state index < -0.39 is 11.8 Å². The van der Waals surface area contributed by atoms with Crippen LogP contribution in [0.25, 0.3) is 10.9 Å². The molecule has 0 spiro atoms. The second kappa shape index (κ2) is 7.31. The molecule has 1 aromatic carbocycles. The van der Waals surface area contributed by atoms with Gasteiger partial charge in [-0.15, -0.1) is 0 Å². The highest BCUT2D eigenvalue weighted by atomic mass is 19.1. The van der Waals surface area contributed by atoms with Crippen molar-refractivity contribution in [3.05, 3.63) is 30.2 Å². The summed E-state index contributed by atoms with van der Waals surface area (Å²) < 4.78 is 19.0. The number of carboxylic acids is 1. The lowest BCUT2D eigenvalue weighted by Crippen LogP contribution is -2.52. The van der Waals surface area contributed by atoms with Crippen LogP contribution < -0.4 is 10.1 Å². The predicted molar refractivity (Wildman–Crippen MR) is 101 cm³/mol. The topological polar surface area (TPSA) is 74.7 Å². The van der Waals surface area contributed by atoms with E-state index in [1.54, 1.807) is 12.3 Å². The second-order valence-electron chi connectivity index (χ2n) is 7.60. The molecule has 2 aliphatic carbocycles. The van der Waals surface area contributed by atoms with Crippen LogP contribution in [0.2, 0.25) is 0 Å². The molecule has 7 heteroatoms. The van der Waals surface area contributed by atoms with Crippen LogP contribution in [0.5, 0.6) is 5.75 Å². The van der Waals surface area contributed by atoms with E-state index in [0.29, 0.717) is 17.5 Å². The highest BCUT2D eigenvalue weighted by Gasteiger charge is 2.37. The first-order chi connectivity index (χ1) is 13.0. The van der Waals surface area contributed by atoms with Gasteiger partial charge in [0.25, 0.3) is 0 Å². The van der Waals surface area contributed by atoms with Crippen molar-refractivity contribution in [3.8, 4) is 5.75 Å². The van der Waals surface area contributed by atoms with Gasteiger partial charge in [0.1, 0.15) is 0 Å². The van der Waals surface area contributed by atoms with E-state index in [2.05, 4.69) is 15.2 Å². The molecule has 0 unspecified atom stereocenters. The number of pyridine rings is 1. The van der Waals surface area contributed by atoms with Gasteiger partial charge in [0, 0.05) is 42.0 Å². The summed E-state index contributed by atoms with van der Waals surface area (Å²) in [7, 11) is 1.45. The predicted octanol–water partition coefficient (Wildman–Crippen LogP) is 3.12. The van der Waals surface area contributed by atoms with Gasteiger partial charge in [-0.25, -0.2) is 4.39 Å². The second-order valence-corrected chi connectivity index (χ2v) is 7.60. The van der Waals surface area contributed by atoms with Crippen molar-refractivity contribution in [1.29, 1.82) is 0 Å². The maximum Gasteiger partial charge on any atom is 0.317 e. The number of aliphatic carboxylic acids is 1. The van der Waals surface area contributed by atoms with Crippen LogP contribution in [0.3, 0.4) is 0 Å². The highest BCUT2D eigenvalue weighted by Crippen LogP contribution is 2.36. The van der Waals surface area contributed by atoms with E-state index in [9.17, 15) is 14.3 Å². The van der Waals surface area contributed by atoms with Gasteiger partial charge in [0.2, 0.25) is 0 Å². The number of anilines is 1. The zero-order valence-corrected chi connectivity index (χ0v) is 15.3. The summed E-state index contributed by atoms with van der Waals surface area (Å²) in [6.45, 7) is 1.00. The van der Waals surface area contributed by atoms with Gasteiger partial charge in [-0.05, 0) is 43.7 Å². The number of hydrogen-bond donors (Lipinski definition) is 2. The van der Waals surface area contributed by atoms with E-state index >= 15 is 0 Å². The summed E-state index contributed by atoms with van der Waals surface area (Å²) in [6, 6.07) is 5.51. The Labute approximate surface area is 157 Å². The Morgan fingerprint density at radius 3 is 2.85 bits per heavy atom. The summed E-state index contributed by atoms with van der Waals surface area (Å²) in [4.78, 5) is 17.5. The summed E-state index contributed by atoms with van der Waals surface area (Å²) in [5, 5.41) is 13.5. The Balaban J connectivity index is 1.44. The largest absolute Gasteiger partial charge is 0.494 e. The van der Waals surface area contributed by atoms with E-state index in [-0.39, 0.29) is 18.3 Å². The molecule has 144 valence electrons. The van der Waals surface area contributed by atoms with Gasteiger partial charge in [-0.2, -0.15) is 0 Å². The SMILES string of the molecule is COc1cc2c(NC3CC(N(CC(=O)O)CC4CC4)C3)ccnc2cc1F. The molecule has 0 bridgehead atoms. The van der Waals surface area contributed by atoms with Gasteiger partial charge in [0.05, 0.1) is 19.2 Å². The lowest BCUT2D eigenvalue weighted by atomic mass is 9.85. The minimum Gasteiger partial charge on any atom is -0.494 e. The van der Waals surface area contributed by atoms with Gasteiger partial charge in [-0.3, -0.25) is 14.7 Å². The van der Waals surface area contributed by atoms with Crippen LogP contribution in [0, 0.1) is 11.7 Å². The number of nitrogens with zero attached hydrogens (tertiary/aromatic N) is 2. The van der Waals surface area contributed by atoms with Crippen molar-refractivity contribution in [2.75, 3.05) is 25.5 Å². The number of aromatic nitrogens is 1. The zero-order valence-electron chi connectivity index (χ0n) is 15.3. The number of nitrogens with one attached hydrogen (secondary N) is 1. The average molecular weight is 373 g/mol. The Morgan fingerprint density at radius 2 is 2.19 bits per heavy atom. The lowest BCUT2D eigenvalue weighted by Gasteiger charge is -2.43. The summed E-state index contributed by atoms with van der Waals surface area (Å²) >= 11 is 0. The Kier molecular flexibility index (Phi) is 4.86. The zero-order chi connectivity index (χ0) is 19.0. The Bertz CT molecular complexity index is 850. The molecule has 0 saturated heterocycles. The third kappa shape index (κ3) is 3.98. The fourth-order valence-corrected chi connectivity index (χ4v) is 3.80. The van der Waals surface area contributed by atoms with Crippen molar-refractivity contribution in [3.63, 3.8) is 0 Å². The van der Waals surface area contributed by atoms with E-state index in [4.69, 9.17) is 4.74 Å². The minimum atomic E-state index is -0.763. The number of carboxylic acid groups (broad SMARTS) is 1. The number of methoxy groups -OCH3 is 1. The first kappa shape index (κ1) is 18.0. The van der Waals surface area contributed by atoms with E-state index in [1.165, 1.54) is 26.0 Å². The van der Waals surface area contributed by atoms with Crippen LogP contribution >= 0.6 is 0 Å². The molecular weight excluding hydrogens is 349 g/mol. The molecule has 4 rings (SSSR count). The van der Waals surface area contributed by atoms with Crippen molar-refractivity contribution >= 4 is 22.6 Å². The standard InChI is InChI=1S/C20H24FN3O3/c1-27-19-8-15-17(4-5-22-18(15)9-16(19)21)23-13-6-14(7-13)24(11-20(25)26)10-12-2-3-12/h4-5,8-9,12-14H,2-3,6-7,10-11H2,1H3,(H,22,23)(H,25,26). The number of halogens is 1. The molecule has 27 heavy (non-hydrogen) atoms. The number of ether oxygens (including phenoxy) is 1. The number of benzene rings is 1. The van der Waals surface area contributed by atoms with E-state index in [1.807, 2.05) is 6.07 Å². The molecule has 0 radical (unpaired) electrons. The Hall–Kier alpha value is -2.41. The lowest BCUT2D eigenvalue weighted by molar-refractivity contribution is -0.139. The number of fused-ring (bicyclic) bond motifs is 1. The molecule has 1 aromatic heterocycles. The van der Waals surface area contributed by atoms with Crippen molar-refractivity contribution in [1.82, 2.24) is 9.88 Å². The van der Waals surface area contributed by atoms with E-state index in [0.717, 1.165) is 30.5 Å². The number of rotatable bonds is 8. The fourth-order valence-electron chi connectivity index (χ4n) is 3.80. The first-order valence-corrected chi connectivity index (χ1v) is 9.38. The van der Waals surface area contributed by atoms with Gasteiger partial charge < -0.3 is 15.2 Å². The summed E-state index contributed by atoms with van der Waals surface area (Å²) in [5.41, 5.74) is 1.48. The molecule has 2 aliphatic rings. The van der Waals surface area contributed by atoms with Crippen molar-refractivity contribution in [2.24, 2.45) is 5.92 Å². The van der Waals surface area contributed by atoms with Crippen LogP contribution in [0.1, 0.15) is 25.7 Å². The van der Waals surface area contributed by atoms with Crippen LogP contribution in [0.15, 0.2) is 24.4 Å². The summed E-state index contributed by atoms with van der Waals surface area (Å²) in [5.74, 6) is -0.325. The normalized spacial score (nSPS) is 21.9. The number of carbonyl (C=O) groups is 1. The quantitative estimate of drug-likeness (QED) is 0.741. The highest BCUT2D eigenvalue weighted by molar-refractivity contribution is 5.92. The molecule has 1 heterocycles. The molecule has 0 amide bonds. The molecule has 6 nitrogen and oxygen atoms in total. The molecule has 2 saturated carbocycles. The van der Waals surface area contributed by atoms with Crippen molar-refractivity contribution < 1.29 is 19.0 Å². The molecular formula is C20H24FN3O3. The van der Waals surface area contributed by atoms with Gasteiger partial charge in [0.15, 0.2) is 11.6 Å². The van der Waals surface area contributed by atoms with Gasteiger partial charge >= 0.3 is 5.97 Å². The third-order valence-corrected chi connectivity index (χ3v) is 5.53. The molecule has 0 aliphatic heterocycles. The molecule has 2 aromatic rings. The average Bonchev–Trinajstić information content (AvgIpc) is 3.40. The summed E-state index contributed by atoms with van der Waals surface area (Å²) in [6.07, 6.45) is 5.90. The van der Waals surface area contributed by atoms with Crippen LogP contribution in [0.4, 0.5) is 10.1 Å². The molecule has 0 atom stereocenters. The maximum atomic E-state index is 13.9. The van der Waals surface area contributed by atoms with Gasteiger partial charge in [-0.1, -0.05) is 0 Å². The maximum absolute atomic E-state index is 13.9. The number of hydrogen-bond acceptors (Lipinski definition) is 5. The molecule has 2 N–H and O–H groups in total. The van der Waals surface area contributed by atoms with Crippen LogP contribution in [-0.2, 0) is 4.79 Å². The smallest absolute Gasteiger partial charge is 0.317 e. The first-order valence-electron chi connectivity index (χ1n) is 9.38. The fraction of sp³-hybridized carbons (Fsp3) is 0.500. The third-order valence-electron chi connectivity index (χ3n) is 5.53. The van der Waals surface area contributed by atoms with Crippen LogP contribution in [-0.4, -0.2) is 53.2 Å².